The van der Waals surface area contributed by atoms with E-state index in [0.29, 0.717) is 42.0 Å². The number of nitrogens with one attached hydrogen (secondary N) is 1. The van der Waals surface area contributed by atoms with Crippen LogP contribution in [0.2, 0.25) is 10.0 Å². The van der Waals surface area contributed by atoms with E-state index >= 15 is 0 Å². The molecule has 0 radical (unpaired) electrons. The maximum Gasteiger partial charge on any atom is 0.273 e. The van der Waals surface area contributed by atoms with Crippen LogP contribution >= 0.6 is 23.2 Å². The van der Waals surface area contributed by atoms with E-state index in [1.54, 1.807) is 12.3 Å². The molecule has 2 heterocycles. The van der Waals surface area contributed by atoms with Crippen LogP contribution in [-0.4, -0.2) is 33.4 Å². The summed E-state index contributed by atoms with van der Waals surface area (Å²) < 4.78 is 5.58. The summed E-state index contributed by atoms with van der Waals surface area (Å²) in [5.41, 5.74) is 2.17. The molecular formula is C23H26Cl2N4O2. The summed E-state index contributed by atoms with van der Waals surface area (Å²) in [6.07, 6.45) is 4.74. The van der Waals surface area contributed by atoms with Gasteiger partial charge < -0.3 is 9.73 Å². The summed E-state index contributed by atoms with van der Waals surface area (Å²) in [6.45, 7) is 5.83. The van der Waals surface area contributed by atoms with Gasteiger partial charge in [0.05, 0.1) is 6.54 Å². The fraction of sp³-hybridized carbons (Fsp3) is 0.348. The number of benzene rings is 1. The van der Waals surface area contributed by atoms with Crippen LogP contribution in [0, 0.1) is 0 Å². The zero-order valence-corrected chi connectivity index (χ0v) is 19.2. The molecule has 0 aliphatic heterocycles. The van der Waals surface area contributed by atoms with Crippen LogP contribution in [-0.2, 0) is 19.5 Å². The Labute approximate surface area is 192 Å². The second-order valence-electron chi connectivity index (χ2n) is 7.35. The quantitative estimate of drug-likeness (QED) is 0.452. The van der Waals surface area contributed by atoms with Gasteiger partial charge in [-0.25, -0.2) is 4.98 Å². The molecule has 8 heteroatoms. The first-order valence-corrected chi connectivity index (χ1v) is 11.0. The largest absolute Gasteiger partial charge is 0.447 e. The Balaban J connectivity index is 1.60. The van der Waals surface area contributed by atoms with Gasteiger partial charge in [-0.15, -0.1) is 0 Å². The van der Waals surface area contributed by atoms with Crippen molar-refractivity contribution in [3.05, 3.63) is 81.7 Å². The second kappa shape index (κ2) is 11.3. The molecule has 1 unspecified atom stereocenters. The van der Waals surface area contributed by atoms with Crippen LogP contribution in [0.5, 0.6) is 0 Å². The van der Waals surface area contributed by atoms with Crippen molar-refractivity contribution in [1.29, 1.82) is 0 Å². The van der Waals surface area contributed by atoms with E-state index < -0.39 is 0 Å². The van der Waals surface area contributed by atoms with Gasteiger partial charge in [-0.05, 0) is 43.2 Å². The summed E-state index contributed by atoms with van der Waals surface area (Å²) >= 11 is 12.4. The lowest BCUT2D eigenvalue weighted by atomic mass is 10.1. The zero-order valence-electron chi connectivity index (χ0n) is 17.6. The number of carbonyl (C=O) groups is 1. The number of nitrogens with zero attached hydrogens (tertiary/aromatic N) is 3. The van der Waals surface area contributed by atoms with E-state index in [2.05, 4.69) is 34.0 Å². The maximum absolute atomic E-state index is 12.4. The molecule has 1 aromatic carbocycles. The Hall–Kier alpha value is -2.41. The first-order chi connectivity index (χ1) is 15.0. The molecule has 0 saturated carbocycles. The van der Waals surface area contributed by atoms with Gasteiger partial charge in [0, 0.05) is 47.5 Å². The molecule has 1 N–H and O–H groups in total. The van der Waals surface area contributed by atoms with Crippen molar-refractivity contribution in [2.24, 2.45) is 0 Å². The minimum atomic E-state index is -0.262. The molecule has 0 saturated heterocycles. The number of carbonyl (C=O) groups excluding carboxylic acids is 1. The molecule has 1 amide bonds. The first-order valence-electron chi connectivity index (χ1n) is 10.3. The summed E-state index contributed by atoms with van der Waals surface area (Å²) in [4.78, 5) is 23.2. The highest BCUT2D eigenvalue weighted by atomic mass is 35.5. The van der Waals surface area contributed by atoms with Gasteiger partial charge in [-0.3, -0.25) is 14.7 Å². The van der Waals surface area contributed by atoms with Gasteiger partial charge >= 0.3 is 0 Å². The molecular weight excluding hydrogens is 435 g/mol. The van der Waals surface area contributed by atoms with Crippen molar-refractivity contribution in [2.75, 3.05) is 6.54 Å². The van der Waals surface area contributed by atoms with Crippen LogP contribution in [0.3, 0.4) is 0 Å². The van der Waals surface area contributed by atoms with E-state index in [0.717, 1.165) is 17.7 Å². The average molecular weight is 461 g/mol. The van der Waals surface area contributed by atoms with Crippen LogP contribution in [0.1, 0.15) is 47.9 Å². The summed E-state index contributed by atoms with van der Waals surface area (Å²) in [5.74, 6) is 0.224. The highest BCUT2D eigenvalue weighted by molar-refractivity contribution is 6.35. The van der Waals surface area contributed by atoms with Crippen molar-refractivity contribution in [2.45, 2.75) is 45.8 Å². The first kappa shape index (κ1) is 23.3. The van der Waals surface area contributed by atoms with Crippen molar-refractivity contribution < 1.29 is 9.21 Å². The maximum atomic E-state index is 12.4. The van der Waals surface area contributed by atoms with Crippen LogP contribution in [0.15, 0.2) is 53.3 Å². The molecule has 0 aliphatic rings. The highest BCUT2D eigenvalue weighted by Gasteiger charge is 2.19. The van der Waals surface area contributed by atoms with Crippen molar-refractivity contribution in [3.63, 3.8) is 0 Å². The number of amides is 1. The van der Waals surface area contributed by atoms with Crippen LogP contribution in [0.25, 0.3) is 0 Å². The van der Waals surface area contributed by atoms with E-state index in [9.17, 15) is 4.79 Å². The second-order valence-corrected chi connectivity index (χ2v) is 8.20. The molecule has 31 heavy (non-hydrogen) atoms. The number of rotatable bonds is 10. The third-order valence-electron chi connectivity index (χ3n) is 5.12. The number of aromatic nitrogens is 2. The third kappa shape index (κ3) is 6.79. The minimum Gasteiger partial charge on any atom is -0.447 e. The molecule has 1 atom stereocenters. The predicted octanol–water partition coefficient (Wildman–Crippen LogP) is 5.15. The Kier molecular flexibility index (Phi) is 8.46. The normalized spacial score (nSPS) is 12.2. The molecule has 0 fully saturated rings. The molecule has 0 aliphatic carbocycles. The Bertz CT molecular complexity index is 994. The van der Waals surface area contributed by atoms with Crippen LogP contribution < -0.4 is 5.32 Å². The van der Waals surface area contributed by atoms with Crippen molar-refractivity contribution in [3.8, 4) is 0 Å². The molecule has 164 valence electrons. The monoisotopic (exact) mass is 460 g/mol. The van der Waals surface area contributed by atoms with Crippen molar-refractivity contribution >= 4 is 29.1 Å². The minimum absolute atomic E-state index is 0.262. The molecule has 2 aromatic heterocycles. The fourth-order valence-electron chi connectivity index (χ4n) is 3.10. The van der Waals surface area contributed by atoms with Gasteiger partial charge in [0.1, 0.15) is 6.26 Å². The summed E-state index contributed by atoms with van der Waals surface area (Å²) in [5, 5.41) is 4.09. The Morgan fingerprint density at radius 2 is 2.06 bits per heavy atom. The lowest BCUT2D eigenvalue weighted by Gasteiger charge is -2.27. The number of halogens is 2. The van der Waals surface area contributed by atoms with Crippen LogP contribution in [0.4, 0.5) is 0 Å². The van der Waals surface area contributed by atoms with Gasteiger partial charge in [-0.1, -0.05) is 42.3 Å². The van der Waals surface area contributed by atoms with Gasteiger partial charge in [0.15, 0.2) is 5.69 Å². The van der Waals surface area contributed by atoms with Gasteiger partial charge in [0.2, 0.25) is 5.89 Å². The SMILES string of the molecule is CCC(C)N(Cc1nc(C(=O)NCCc2ccccn2)co1)Cc1ccc(Cl)cc1Cl. The van der Waals surface area contributed by atoms with E-state index in [1.807, 2.05) is 30.3 Å². The lowest BCUT2D eigenvalue weighted by molar-refractivity contribution is 0.0949. The topological polar surface area (TPSA) is 71.3 Å². The summed E-state index contributed by atoms with van der Waals surface area (Å²) in [6, 6.07) is 11.5. The number of pyridine rings is 1. The Morgan fingerprint density at radius 3 is 2.77 bits per heavy atom. The average Bonchev–Trinajstić information content (AvgIpc) is 3.24. The number of oxazole rings is 1. The number of hydrogen-bond acceptors (Lipinski definition) is 5. The van der Waals surface area contributed by atoms with Gasteiger partial charge in [-0.2, -0.15) is 0 Å². The summed E-state index contributed by atoms with van der Waals surface area (Å²) in [7, 11) is 0. The zero-order chi connectivity index (χ0) is 22.2. The van der Waals surface area contributed by atoms with Crippen molar-refractivity contribution in [1.82, 2.24) is 20.2 Å². The van der Waals surface area contributed by atoms with E-state index in [1.165, 1.54) is 6.26 Å². The fourth-order valence-corrected chi connectivity index (χ4v) is 3.56. The number of hydrogen-bond donors (Lipinski definition) is 1. The molecule has 3 rings (SSSR count). The highest BCUT2D eigenvalue weighted by Crippen LogP contribution is 2.24. The Morgan fingerprint density at radius 1 is 1.23 bits per heavy atom. The lowest BCUT2D eigenvalue weighted by Crippen LogP contribution is -2.32. The standard InChI is InChI=1S/C23H26Cl2N4O2/c1-3-16(2)29(13-17-7-8-18(24)12-20(17)25)14-22-28-21(15-31-22)23(30)27-11-9-19-6-4-5-10-26-19/h4-8,10,12,15-16H,3,9,11,13-14H2,1-2H3,(H,27,30). The molecule has 6 nitrogen and oxygen atoms in total. The third-order valence-corrected chi connectivity index (χ3v) is 5.71. The van der Waals surface area contributed by atoms with E-state index in [4.69, 9.17) is 27.6 Å². The molecule has 3 aromatic rings. The predicted molar refractivity (Wildman–Crippen MR) is 122 cm³/mol. The van der Waals surface area contributed by atoms with E-state index in [-0.39, 0.29) is 17.6 Å². The van der Waals surface area contributed by atoms with Gasteiger partial charge in [0.25, 0.3) is 5.91 Å². The smallest absolute Gasteiger partial charge is 0.273 e. The molecule has 0 bridgehead atoms. The molecule has 0 spiro atoms.